The molecule has 24 heavy (non-hydrogen) atoms. The van der Waals surface area contributed by atoms with Gasteiger partial charge in [0.1, 0.15) is 10.8 Å². The monoisotopic (exact) mass is 358 g/mol. The molecule has 0 aliphatic heterocycles. The fourth-order valence-corrected chi connectivity index (χ4v) is 4.42. The van der Waals surface area contributed by atoms with Crippen LogP contribution >= 0.6 is 23.1 Å². The molecule has 0 bridgehead atoms. The molecule has 0 saturated carbocycles. The summed E-state index contributed by atoms with van der Waals surface area (Å²) < 4.78 is 2.22. The summed E-state index contributed by atoms with van der Waals surface area (Å²) in [6.45, 7) is 8.56. The Hall–Kier alpha value is -1.66. The van der Waals surface area contributed by atoms with E-state index >= 15 is 0 Å². The van der Waals surface area contributed by atoms with Crippen LogP contribution in [0.1, 0.15) is 43.9 Å². The standard InChI is InChI=1S/C18H22N4S2/c1-5-16-20-21-18(22(16)12(2)3)24-11-15-10-23-17(19-15)14-8-6-13(4)7-9-14/h6-10,12H,5,11H2,1-4H3. The van der Waals surface area contributed by atoms with Crippen molar-refractivity contribution in [3.63, 3.8) is 0 Å². The first kappa shape index (κ1) is 17.2. The Morgan fingerprint density at radius 2 is 1.92 bits per heavy atom. The third-order valence-electron chi connectivity index (χ3n) is 3.77. The zero-order valence-corrected chi connectivity index (χ0v) is 16.1. The molecule has 0 radical (unpaired) electrons. The van der Waals surface area contributed by atoms with Gasteiger partial charge in [-0.15, -0.1) is 21.5 Å². The van der Waals surface area contributed by atoms with Crippen molar-refractivity contribution < 1.29 is 0 Å². The first-order valence-electron chi connectivity index (χ1n) is 8.16. The number of hydrogen-bond donors (Lipinski definition) is 0. The van der Waals surface area contributed by atoms with Gasteiger partial charge < -0.3 is 4.57 Å². The maximum absolute atomic E-state index is 4.77. The molecule has 126 valence electrons. The third-order valence-corrected chi connectivity index (χ3v) is 5.68. The van der Waals surface area contributed by atoms with Crippen molar-refractivity contribution >= 4 is 23.1 Å². The molecule has 2 aromatic heterocycles. The summed E-state index contributed by atoms with van der Waals surface area (Å²) in [5, 5.41) is 12.8. The van der Waals surface area contributed by atoms with Gasteiger partial charge in [-0.1, -0.05) is 48.5 Å². The van der Waals surface area contributed by atoms with E-state index in [1.54, 1.807) is 23.1 Å². The van der Waals surface area contributed by atoms with Crippen molar-refractivity contribution in [3.05, 3.63) is 46.7 Å². The third kappa shape index (κ3) is 3.70. The van der Waals surface area contributed by atoms with Crippen molar-refractivity contribution in [2.24, 2.45) is 0 Å². The molecule has 0 amide bonds. The summed E-state index contributed by atoms with van der Waals surface area (Å²) in [4.78, 5) is 4.77. The Morgan fingerprint density at radius 3 is 2.58 bits per heavy atom. The van der Waals surface area contributed by atoms with Gasteiger partial charge in [0.25, 0.3) is 0 Å². The summed E-state index contributed by atoms with van der Waals surface area (Å²) in [6.07, 6.45) is 0.903. The Morgan fingerprint density at radius 1 is 1.17 bits per heavy atom. The highest BCUT2D eigenvalue weighted by atomic mass is 32.2. The molecule has 3 aromatic rings. The molecule has 4 nitrogen and oxygen atoms in total. The molecule has 0 saturated heterocycles. The number of benzene rings is 1. The van der Waals surface area contributed by atoms with Gasteiger partial charge in [0.05, 0.1) is 5.69 Å². The van der Waals surface area contributed by atoms with E-state index in [4.69, 9.17) is 4.98 Å². The molecule has 0 unspecified atom stereocenters. The smallest absolute Gasteiger partial charge is 0.191 e. The van der Waals surface area contributed by atoms with Gasteiger partial charge in [-0.25, -0.2) is 4.98 Å². The van der Waals surface area contributed by atoms with E-state index in [9.17, 15) is 0 Å². The largest absolute Gasteiger partial charge is 0.303 e. The van der Waals surface area contributed by atoms with E-state index in [0.29, 0.717) is 6.04 Å². The molecule has 6 heteroatoms. The molecule has 0 aliphatic rings. The lowest BCUT2D eigenvalue weighted by molar-refractivity contribution is 0.528. The fraction of sp³-hybridized carbons (Fsp3) is 0.389. The second-order valence-corrected chi connectivity index (χ2v) is 7.82. The van der Waals surface area contributed by atoms with E-state index in [2.05, 4.69) is 72.1 Å². The second-order valence-electron chi connectivity index (χ2n) is 6.01. The van der Waals surface area contributed by atoms with Crippen LogP contribution in [0.2, 0.25) is 0 Å². The predicted octanol–water partition coefficient (Wildman–Crippen LogP) is 5.15. The molecule has 1 aromatic carbocycles. The average molecular weight is 359 g/mol. The van der Waals surface area contributed by atoms with Crippen LogP contribution in [0.4, 0.5) is 0 Å². The molecule has 0 atom stereocenters. The number of nitrogens with zero attached hydrogens (tertiary/aromatic N) is 4. The van der Waals surface area contributed by atoms with Crippen LogP contribution < -0.4 is 0 Å². The molecular formula is C18H22N4S2. The van der Waals surface area contributed by atoms with Gasteiger partial charge >= 0.3 is 0 Å². The average Bonchev–Trinajstić information content (AvgIpc) is 3.20. The van der Waals surface area contributed by atoms with Crippen molar-refractivity contribution in [3.8, 4) is 10.6 Å². The number of thioether (sulfide) groups is 1. The van der Waals surface area contributed by atoms with Gasteiger partial charge in [-0.3, -0.25) is 0 Å². The molecular weight excluding hydrogens is 336 g/mol. The summed E-state index contributed by atoms with van der Waals surface area (Å²) in [5.74, 6) is 1.86. The quantitative estimate of drug-likeness (QED) is 0.572. The number of aromatic nitrogens is 4. The maximum Gasteiger partial charge on any atom is 0.191 e. The lowest BCUT2D eigenvalue weighted by Gasteiger charge is -2.12. The fourth-order valence-electron chi connectivity index (χ4n) is 2.51. The van der Waals surface area contributed by atoms with Crippen LogP contribution in [-0.4, -0.2) is 19.7 Å². The topological polar surface area (TPSA) is 43.6 Å². The first-order valence-corrected chi connectivity index (χ1v) is 10.0. The number of aryl methyl sites for hydroxylation is 2. The first-order chi connectivity index (χ1) is 11.6. The van der Waals surface area contributed by atoms with Crippen molar-refractivity contribution in [2.45, 2.75) is 51.1 Å². The highest BCUT2D eigenvalue weighted by molar-refractivity contribution is 7.98. The SMILES string of the molecule is CCc1nnc(SCc2csc(-c3ccc(C)cc3)n2)n1C(C)C. The minimum absolute atomic E-state index is 0.371. The minimum atomic E-state index is 0.371. The summed E-state index contributed by atoms with van der Waals surface area (Å²) in [5.41, 5.74) is 3.54. The predicted molar refractivity (Wildman–Crippen MR) is 102 cm³/mol. The molecule has 2 heterocycles. The summed E-state index contributed by atoms with van der Waals surface area (Å²) in [6, 6.07) is 8.89. The minimum Gasteiger partial charge on any atom is -0.303 e. The lowest BCUT2D eigenvalue weighted by Crippen LogP contribution is -2.07. The Balaban J connectivity index is 1.72. The summed E-state index contributed by atoms with van der Waals surface area (Å²) in [7, 11) is 0. The van der Waals surface area contributed by atoms with Crippen LogP contribution in [0.25, 0.3) is 10.6 Å². The number of rotatable bonds is 6. The molecule has 0 fully saturated rings. The van der Waals surface area contributed by atoms with Crippen molar-refractivity contribution in [1.29, 1.82) is 0 Å². The van der Waals surface area contributed by atoms with E-state index in [-0.39, 0.29) is 0 Å². The molecule has 0 aliphatic carbocycles. The lowest BCUT2D eigenvalue weighted by atomic mass is 10.2. The van der Waals surface area contributed by atoms with E-state index in [0.717, 1.165) is 33.9 Å². The van der Waals surface area contributed by atoms with Crippen LogP contribution in [-0.2, 0) is 12.2 Å². The number of hydrogen-bond acceptors (Lipinski definition) is 5. The Labute approximate surface area is 151 Å². The van der Waals surface area contributed by atoms with E-state index in [1.807, 2.05) is 0 Å². The van der Waals surface area contributed by atoms with Gasteiger partial charge in [0.15, 0.2) is 5.16 Å². The van der Waals surface area contributed by atoms with Crippen molar-refractivity contribution in [1.82, 2.24) is 19.7 Å². The molecule has 0 N–H and O–H groups in total. The van der Waals surface area contributed by atoms with E-state index in [1.165, 1.54) is 11.1 Å². The van der Waals surface area contributed by atoms with Crippen LogP contribution in [0.3, 0.4) is 0 Å². The Kier molecular flexibility index (Phi) is 5.36. The highest BCUT2D eigenvalue weighted by Crippen LogP contribution is 2.29. The van der Waals surface area contributed by atoms with Gasteiger partial charge in [0.2, 0.25) is 0 Å². The summed E-state index contributed by atoms with van der Waals surface area (Å²) >= 11 is 3.41. The zero-order chi connectivity index (χ0) is 17.1. The van der Waals surface area contributed by atoms with Gasteiger partial charge in [0, 0.05) is 29.2 Å². The van der Waals surface area contributed by atoms with Gasteiger partial charge in [-0.05, 0) is 20.8 Å². The Bertz CT molecular complexity index is 803. The maximum atomic E-state index is 4.77. The molecule has 3 rings (SSSR count). The zero-order valence-electron chi connectivity index (χ0n) is 14.5. The van der Waals surface area contributed by atoms with Crippen molar-refractivity contribution in [2.75, 3.05) is 0 Å². The van der Waals surface area contributed by atoms with Crippen LogP contribution in [0, 0.1) is 6.92 Å². The number of thiazole rings is 1. The highest BCUT2D eigenvalue weighted by Gasteiger charge is 2.14. The molecule has 0 spiro atoms. The normalized spacial score (nSPS) is 11.4. The second kappa shape index (κ2) is 7.49. The van der Waals surface area contributed by atoms with Gasteiger partial charge in [-0.2, -0.15) is 0 Å². The van der Waals surface area contributed by atoms with Crippen LogP contribution in [0.15, 0.2) is 34.8 Å². The van der Waals surface area contributed by atoms with E-state index < -0.39 is 0 Å². The van der Waals surface area contributed by atoms with Crippen LogP contribution in [0.5, 0.6) is 0 Å².